The number of aromatic amines is 1. The number of H-pyrrole nitrogens is 1. The highest BCUT2D eigenvalue weighted by molar-refractivity contribution is 7.89. The van der Waals surface area contributed by atoms with E-state index in [1.807, 2.05) is 13.8 Å². The summed E-state index contributed by atoms with van der Waals surface area (Å²) in [4.78, 5) is 35.3. The molecule has 0 spiro atoms. The maximum absolute atomic E-state index is 13.3. The molecule has 1 saturated heterocycles. The van der Waals surface area contributed by atoms with Gasteiger partial charge in [0.15, 0.2) is 5.84 Å². The number of carbonyl (C=O) groups is 2. The molecule has 2 heterocycles. The predicted octanol–water partition coefficient (Wildman–Crippen LogP) is 2.47. The van der Waals surface area contributed by atoms with Crippen LogP contribution in [0.4, 0.5) is 4.79 Å². The number of nitrogens with one attached hydrogen (secondary N) is 2. The van der Waals surface area contributed by atoms with Crippen LogP contribution < -0.4 is 11.1 Å². The van der Waals surface area contributed by atoms with E-state index in [0.717, 1.165) is 6.42 Å². The number of nitrogens with zero attached hydrogens (tertiary/aromatic N) is 3. The van der Waals surface area contributed by atoms with Crippen molar-refractivity contribution in [2.45, 2.75) is 70.7 Å². The van der Waals surface area contributed by atoms with Crippen LogP contribution in [0.3, 0.4) is 0 Å². The summed E-state index contributed by atoms with van der Waals surface area (Å²) in [5.74, 6) is -1.05. The summed E-state index contributed by atoms with van der Waals surface area (Å²) in [7, 11) is -4.00. The van der Waals surface area contributed by atoms with E-state index in [1.165, 1.54) is 4.31 Å². The van der Waals surface area contributed by atoms with Gasteiger partial charge in [-0.05, 0) is 45.7 Å². The van der Waals surface area contributed by atoms with Crippen molar-refractivity contribution in [1.29, 1.82) is 0 Å². The molecule has 4 N–H and O–H groups in total. The molecule has 1 amide bonds. The van der Waals surface area contributed by atoms with Gasteiger partial charge in [-0.15, -0.1) is 0 Å². The van der Waals surface area contributed by atoms with Crippen LogP contribution >= 0.6 is 0 Å². The quantitative estimate of drug-likeness (QED) is 0.230. The van der Waals surface area contributed by atoms with Crippen LogP contribution in [0.5, 0.6) is 0 Å². The minimum atomic E-state index is -4.00. The van der Waals surface area contributed by atoms with Crippen molar-refractivity contribution in [2.24, 2.45) is 10.9 Å². The van der Waals surface area contributed by atoms with Gasteiger partial charge in [0.25, 0.3) is 10.0 Å². The lowest BCUT2D eigenvalue weighted by Crippen LogP contribution is -2.50. The normalized spacial score (nSPS) is 17.3. The van der Waals surface area contributed by atoms with Crippen molar-refractivity contribution in [2.75, 3.05) is 13.1 Å². The number of para-hydroxylation sites is 2. The molecular formula is C22H34N6O6S. The van der Waals surface area contributed by atoms with E-state index >= 15 is 0 Å². The third-order valence-electron chi connectivity index (χ3n) is 4.74. The fourth-order valence-corrected chi connectivity index (χ4v) is 4.90. The lowest BCUT2D eigenvalue weighted by atomic mass is 10.0. The van der Waals surface area contributed by atoms with Gasteiger partial charge in [-0.2, -0.15) is 4.31 Å². The van der Waals surface area contributed by atoms with Crippen molar-refractivity contribution in [1.82, 2.24) is 19.6 Å². The van der Waals surface area contributed by atoms with Gasteiger partial charge >= 0.3 is 12.1 Å². The molecule has 0 bridgehead atoms. The minimum Gasteiger partial charge on any atom is -0.444 e. The smallest absolute Gasteiger partial charge is 0.408 e. The number of ether oxygens (including phenoxy) is 1. The summed E-state index contributed by atoms with van der Waals surface area (Å²) >= 11 is 0. The second kappa shape index (κ2) is 12.0. The van der Waals surface area contributed by atoms with Crippen molar-refractivity contribution in [3.05, 3.63) is 24.3 Å². The third kappa shape index (κ3) is 7.65. The Bertz CT molecular complexity index is 1120. The van der Waals surface area contributed by atoms with Gasteiger partial charge in [-0.3, -0.25) is 0 Å². The number of alkyl carbamates (subject to hydrolysis) is 1. The highest BCUT2D eigenvalue weighted by Crippen LogP contribution is 2.25. The van der Waals surface area contributed by atoms with Crippen molar-refractivity contribution < 1.29 is 27.6 Å². The Hall–Kier alpha value is -3.19. The number of carbonyl (C=O) groups excluding carboxylic acids is 2. The molecule has 1 unspecified atom stereocenters. The highest BCUT2D eigenvalue weighted by Gasteiger charge is 2.38. The monoisotopic (exact) mass is 510 g/mol. The average Bonchev–Trinajstić information content (AvgIpc) is 3.27. The topological polar surface area (TPSA) is 169 Å². The van der Waals surface area contributed by atoms with E-state index in [2.05, 4.69) is 20.4 Å². The van der Waals surface area contributed by atoms with Crippen LogP contribution in [0.1, 0.15) is 53.9 Å². The van der Waals surface area contributed by atoms with Crippen LogP contribution in [0.15, 0.2) is 34.6 Å². The van der Waals surface area contributed by atoms with Crippen molar-refractivity contribution in [3.8, 4) is 0 Å². The average molecular weight is 511 g/mol. The number of amidine groups is 1. The van der Waals surface area contributed by atoms with Crippen LogP contribution in [-0.4, -0.2) is 65.3 Å². The summed E-state index contributed by atoms with van der Waals surface area (Å²) in [5.41, 5.74) is 6.41. The van der Waals surface area contributed by atoms with Gasteiger partial charge in [-0.1, -0.05) is 37.6 Å². The predicted molar refractivity (Wildman–Crippen MR) is 131 cm³/mol. The van der Waals surface area contributed by atoms with Crippen LogP contribution in [0.25, 0.3) is 11.0 Å². The van der Waals surface area contributed by atoms with Crippen LogP contribution in [0, 0.1) is 0 Å². The molecule has 12 nitrogen and oxygen atoms in total. The maximum Gasteiger partial charge on any atom is 0.408 e. The molecule has 2 aromatic rings. The number of nitrogens with two attached hydrogens (primary N) is 1. The van der Waals surface area contributed by atoms with E-state index in [4.69, 9.17) is 15.3 Å². The first kappa shape index (κ1) is 28.1. The van der Waals surface area contributed by atoms with Gasteiger partial charge in [-0.25, -0.2) is 23.0 Å². The lowest BCUT2D eigenvalue weighted by Gasteiger charge is -2.32. The first-order valence-corrected chi connectivity index (χ1v) is 12.9. The Kier molecular flexibility index (Phi) is 9.60. The van der Waals surface area contributed by atoms with Crippen LogP contribution in [0.2, 0.25) is 0 Å². The largest absolute Gasteiger partial charge is 0.444 e. The van der Waals surface area contributed by atoms with Gasteiger partial charge in [0, 0.05) is 6.54 Å². The van der Waals surface area contributed by atoms with Crippen molar-refractivity contribution in [3.63, 3.8) is 0 Å². The summed E-state index contributed by atoms with van der Waals surface area (Å²) in [6, 6.07) is 6.18. The Morgan fingerprint density at radius 1 is 1.26 bits per heavy atom. The SMILES string of the molecule is CC.CC(C)(C)OC(=O)NCC(=O)O/N=C(\N)C1CCCCN1S(=O)(=O)c1nc2ccccc2[nH]1. The second-order valence-electron chi connectivity index (χ2n) is 8.52. The number of oxime groups is 1. The van der Waals surface area contributed by atoms with E-state index < -0.39 is 40.3 Å². The first-order valence-electron chi connectivity index (χ1n) is 11.4. The molecular weight excluding hydrogens is 476 g/mol. The molecule has 1 atom stereocenters. The second-order valence-corrected chi connectivity index (χ2v) is 10.3. The molecule has 1 aliphatic rings. The zero-order valence-corrected chi connectivity index (χ0v) is 21.5. The van der Waals surface area contributed by atoms with E-state index in [0.29, 0.717) is 23.9 Å². The number of amides is 1. The molecule has 1 aliphatic heterocycles. The number of benzene rings is 1. The molecule has 0 radical (unpaired) electrons. The Balaban J connectivity index is 0.00000210. The number of hydrogen-bond donors (Lipinski definition) is 3. The number of imidazole rings is 1. The summed E-state index contributed by atoms with van der Waals surface area (Å²) in [5, 5.41) is 5.67. The summed E-state index contributed by atoms with van der Waals surface area (Å²) in [6.45, 7) is 8.79. The standard InChI is InChI=1S/C20H28N6O6S.C2H6/c1-20(2,3)31-19(28)22-12-16(27)32-25-17(21)15-10-6-7-11-26(15)33(29,30)18-23-13-8-4-5-9-14(13)24-18;1-2/h4-5,8-9,15H,6-7,10-12H2,1-3H3,(H2,21,25)(H,22,28)(H,23,24);1-2H3. The summed E-state index contributed by atoms with van der Waals surface area (Å²) < 4.78 is 32.7. The van der Waals surface area contributed by atoms with Gasteiger partial charge in [0.2, 0.25) is 5.16 Å². The zero-order chi connectivity index (χ0) is 26.2. The van der Waals surface area contributed by atoms with Crippen molar-refractivity contribution >= 4 is 39.0 Å². The molecule has 0 aliphatic carbocycles. The number of hydrogen-bond acceptors (Lipinski definition) is 8. The molecule has 3 rings (SSSR count). The van der Waals surface area contributed by atoms with Gasteiger partial charge < -0.3 is 25.6 Å². The molecule has 35 heavy (non-hydrogen) atoms. The highest BCUT2D eigenvalue weighted by atomic mass is 32.2. The Morgan fingerprint density at radius 3 is 2.60 bits per heavy atom. The molecule has 0 saturated carbocycles. The fourth-order valence-electron chi connectivity index (χ4n) is 3.31. The molecule has 13 heteroatoms. The van der Waals surface area contributed by atoms with E-state index in [1.54, 1.807) is 45.0 Å². The molecule has 1 fully saturated rings. The van der Waals surface area contributed by atoms with E-state index in [9.17, 15) is 18.0 Å². The number of sulfonamides is 1. The van der Waals surface area contributed by atoms with Crippen LogP contribution in [-0.2, 0) is 24.4 Å². The first-order chi connectivity index (χ1) is 16.5. The van der Waals surface area contributed by atoms with Gasteiger partial charge in [0.1, 0.15) is 12.1 Å². The number of aromatic nitrogens is 2. The number of piperidine rings is 1. The van der Waals surface area contributed by atoms with Gasteiger partial charge in [0.05, 0.1) is 17.1 Å². The molecule has 1 aromatic heterocycles. The maximum atomic E-state index is 13.3. The number of rotatable bonds is 6. The third-order valence-corrected chi connectivity index (χ3v) is 6.48. The Labute approximate surface area is 205 Å². The molecule has 194 valence electrons. The molecule has 1 aromatic carbocycles. The number of fused-ring (bicyclic) bond motifs is 1. The zero-order valence-electron chi connectivity index (χ0n) is 20.7. The Morgan fingerprint density at radius 2 is 1.94 bits per heavy atom. The fraction of sp³-hybridized carbons (Fsp3) is 0.545. The van der Waals surface area contributed by atoms with E-state index in [-0.39, 0.29) is 17.5 Å². The lowest BCUT2D eigenvalue weighted by molar-refractivity contribution is -0.142. The minimum absolute atomic E-state index is 0.167. The summed E-state index contributed by atoms with van der Waals surface area (Å²) in [6.07, 6.45) is 0.985.